The fraction of sp³-hybridized carbons (Fsp3) is 0.455. The molecule has 1 unspecified atom stereocenters. The number of hydrogen-bond acceptors (Lipinski definition) is 2. The second-order valence-electron chi connectivity index (χ2n) is 3.23. The van der Waals surface area contributed by atoms with E-state index in [-0.39, 0.29) is 6.04 Å². The summed E-state index contributed by atoms with van der Waals surface area (Å²) in [6.07, 6.45) is 2.09. The second kappa shape index (κ2) is 6.64. The molecule has 1 aromatic rings. The van der Waals surface area contributed by atoms with Gasteiger partial charge in [-0.15, -0.1) is 0 Å². The van der Waals surface area contributed by atoms with E-state index in [0.717, 1.165) is 27.9 Å². The zero-order chi connectivity index (χ0) is 11.3. The molecular formula is C11H15Cl2NS. The summed E-state index contributed by atoms with van der Waals surface area (Å²) in [5.41, 5.74) is 1.08. The molecule has 0 aliphatic rings. The minimum absolute atomic E-state index is 0.274. The fourth-order valence-electron chi connectivity index (χ4n) is 1.45. The first-order chi connectivity index (χ1) is 7.19. The molecule has 0 saturated carbocycles. The van der Waals surface area contributed by atoms with E-state index >= 15 is 0 Å². The van der Waals surface area contributed by atoms with Crippen LogP contribution in [0.5, 0.6) is 0 Å². The molecule has 1 nitrogen and oxygen atoms in total. The van der Waals surface area contributed by atoms with Gasteiger partial charge in [0.25, 0.3) is 0 Å². The van der Waals surface area contributed by atoms with Gasteiger partial charge < -0.3 is 5.32 Å². The van der Waals surface area contributed by atoms with E-state index in [4.69, 9.17) is 23.2 Å². The monoisotopic (exact) mass is 263 g/mol. The van der Waals surface area contributed by atoms with Crippen LogP contribution in [0, 0.1) is 0 Å². The van der Waals surface area contributed by atoms with Gasteiger partial charge in [-0.3, -0.25) is 0 Å². The van der Waals surface area contributed by atoms with E-state index in [1.165, 1.54) is 0 Å². The average Bonchev–Trinajstić information content (AvgIpc) is 2.21. The molecule has 1 atom stereocenters. The standard InChI is InChI=1S/C11H15Cl2NS/c1-3-14-11(7-15-2)9-6-8(12)4-5-10(9)13/h4-6,11,14H,3,7H2,1-2H3. The van der Waals surface area contributed by atoms with Gasteiger partial charge in [0.1, 0.15) is 0 Å². The lowest BCUT2D eigenvalue weighted by Crippen LogP contribution is -2.23. The topological polar surface area (TPSA) is 12.0 Å². The van der Waals surface area contributed by atoms with Crippen LogP contribution in [0.2, 0.25) is 10.0 Å². The maximum absolute atomic E-state index is 6.15. The lowest BCUT2D eigenvalue weighted by Gasteiger charge is -2.18. The van der Waals surface area contributed by atoms with Crippen molar-refractivity contribution >= 4 is 35.0 Å². The molecule has 0 radical (unpaired) electrons. The Hall–Kier alpha value is 0.110. The van der Waals surface area contributed by atoms with Crippen LogP contribution in [0.1, 0.15) is 18.5 Å². The number of rotatable bonds is 5. The minimum Gasteiger partial charge on any atom is -0.309 e. The molecule has 0 amide bonds. The van der Waals surface area contributed by atoms with Crippen molar-refractivity contribution in [2.24, 2.45) is 0 Å². The van der Waals surface area contributed by atoms with E-state index < -0.39 is 0 Å². The van der Waals surface area contributed by atoms with Crippen LogP contribution in [0.25, 0.3) is 0 Å². The van der Waals surface area contributed by atoms with Crippen molar-refractivity contribution in [2.45, 2.75) is 13.0 Å². The van der Waals surface area contributed by atoms with Gasteiger partial charge in [-0.2, -0.15) is 11.8 Å². The number of hydrogen-bond donors (Lipinski definition) is 1. The molecule has 1 rings (SSSR count). The third-order valence-corrected chi connectivity index (χ3v) is 3.36. The Labute approximate surface area is 106 Å². The maximum atomic E-state index is 6.15. The molecule has 4 heteroatoms. The average molecular weight is 264 g/mol. The van der Waals surface area contributed by atoms with Gasteiger partial charge in [0.15, 0.2) is 0 Å². The Balaban J connectivity index is 2.93. The summed E-state index contributed by atoms with van der Waals surface area (Å²) >= 11 is 13.9. The molecule has 84 valence electrons. The Bertz CT molecular complexity index is 311. The summed E-state index contributed by atoms with van der Waals surface area (Å²) in [7, 11) is 0. The zero-order valence-electron chi connectivity index (χ0n) is 8.89. The van der Waals surface area contributed by atoms with Crippen LogP contribution >= 0.6 is 35.0 Å². The SMILES string of the molecule is CCNC(CSC)c1cc(Cl)ccc1Cl. The molecule has 0 spiro atoms. The summed E-state index contributed by atoms with van der Waals surface area (Å²) in [6, 6.07) is 5.88. The summed E-state index contributed by atoms with van der Waals surface area (Å²) in [6.45, 7) is 3.01. The first kappa shape index (κ1) is 13.2. The highest BCUT2D eigenvalue weighted by atomic mass is 35.5. The van der Waals surface area contributed by atoms with Crippen molar-refractivity contribution in [3.8, 4) is 0 Å². The Morgan fingerprint density at radius 1 is 1.40 bits per heavy atom. The molecule has 0 aliphatic heterocycles. The molecule has 0 saturated heterocycles. The van der Waals surface area contributed by atoms with Crippen molar-refractivity contribution in [1.29, 1.82) is 0 Å². The molecule has 0 heterocycles. The van der Waals surface area contributed by atoms with Crippen molar-refractivity contribution in [2.75, 3.05) is 18.6 Å². The smallest absolute Gasteiger partial charge is 0.0455 e. The summed E-state index contributed by atoms with van der Waals surface area (Å²) in [5, 5.41) is 4.92. The first-order valence-electron chi connectivity index (χ1n) is 4.86. The molecule has 0 aliphatic carbocycles. The van der Waals surface area contributed by atoms with Crippen LogP contribution in [0.15, 0.2) is 18.2 Å². The van der Waals surface area contributed by atoms with Crippen LogP contribution in [-0.4, -0.2) is 18.6 Å². The zero-order valence-corrected chi connectivity index (χ0v) is 11.2. The largest absolute Gasteiger partial charge is 0.309 e. The van der Waals surface area contributed by atoms with Crippen molar-refractivity contribution in [3.05, 3.63) is 33.8 Å². The van der Waals surface area contributed by atoms with Crippen LogP contribution in [0.3, 0.4) is 0 Å². The predicted octanol–water partition coefficient (Wildman–Crippen LogP) is 4.01. The van der Waals surface area contributed by atoms with Crippen LogP contribution in [0.4, 0.5) is 0 Å². The van der Waals surface area contributed by atoms with Crippen molar-refractivity contribution in [1.82, 2.24) is 5.32 Å². The molecular weight excluding hydrogens is 249 g/mol. The highest BCUT2D eigenvalue weighted by molar-refractivity contribution is 7.98. The van der Waals surface area contributed by atoms with E-state index in [9.17, 15) is 0 Å². The van der Waals surface area contributed by atoms with Crippen molar-refractivity contribution in [3.63, 3.8) is 0 Å². The second-order valence-corrected chi connectivity index (χ2v) is 4.99. The van der Waals surface area contributed by atoms with Gasteiger partial charge in [-0.1, -0.05) is 30.1 Å². The van der Waals surface area contributed by atoms with Crippen molar-refractivity contribution < 1.29 is 0 Å². The van der Waals surface area contributed by atoms with E-state index in [0.29, 0.717) is 0 Å². The van der Waals surface area contributed by atoms with Gasteiger partial charge >= 0.3 is 0 Å². The van der Waals surface area contributed by atoms with Crippen LogP contribution in [-0.2, 0) is 0 Å². The molecule has 0 bridgehead atoms. The third kappa shape index (κ3) is 3.87. The molecule has 0 aromatic heterocycles. The summed E-state index contributed by atoms with van der Waals surface area (Å²) < 4.78 is 0. The van der Waals surface area contributed by atoms with E-state index in [1.54, 1.807) is 11.8 Å². The quantitative estimate of drug-likeness (QED) is 0.862. The van der Waals surface area contributed by atoms with Gasteiger partial charge in [0.2, 0.25) is 0 Å². The predicted molar refractivity (Wildman–Crippen MR) is 71.3 cm³/mol. The highest BCUT2D eigenvalue weighted by Gasteiger charge is 2.13. The number of nitrogens with one attached hydrogen (secondary N) is 1. The van der Waals surface area contributed by atoms with Crippen LogP contribution < -0.4 is 5.32 Å². The summed E-state index contributed by atoms with van der Waals surface area (Å²) in [5.74, 6) is 0.994. The van der Waals surface area contributed by atoms with E-state index in [1.807, 2.05) is 18.2 Å². The Kier molecular flexibility index (Phi) is 5.83. The van der Waals surface area contributed by atoms with Gasteiger partial charge in [-0.25, -0.2) is 0 Å². The Morgan fingerprint density at radius 2 is 2.13 bits per heavy atom. The fourth-order valence-corrected chi connectivity index (χ4v) is 2.51. The van der Waals surface area contributed by atoms with Gasteiger partial charge in [-0.05, 0) is 36.6 Å². The number of thioether (sulfide) groups is 1. The maximum Gasteiger partial charge on any atom is 0.0455 e. The lowest BCUT2D eigenvalue weighted by molar-refractivity contribution is 0.606. The number of halogens is 2. The third-order valence-electron chi connectivity index (χ3n) is 2.12. The first-order valence-corrected chi connectivity index (χ1v) is 7.01. The Morgan fingerprint density at radius 3 is 2.73 bits per heavy atom. The summed E-state index contributed by atoms with van der Waals surface area (Å²) in [4.78, 5) is 0. The normalized spacial score (nSPS) is 12.8. The molecule has 1 N–H and O–H groups in total. The lowest BCUT2D eigenvalue weighted by atomic mass is 10.1. The molecule has 0 fully saturated rings. The highest BCUT2D eigenvalue weighted by Crippen LogP contribution is 2.27. The molecule has 1 aromatic carbocycles. The minimum atomic E-state index is 0.274. The number of benzene rings is 1. The van der Waals surface area contributed by atoms with Gasteiger partial charge in [0.05, 0.1) is 0 Å². The van der Waals surface area contributed by atoms with Gasteiger partial charge in [0, 0.05) is 21.8 Å². The van der Waals surface area contributed by atoms with E-state index in [2.05, 4.69) is 18.5 Å². The molecule has 15 heavy (non-hydrogen) atoms.